The lowest BCUT2D eigenvalue weighted by molar-refractivity contribution is 0.425. The van der Waals surface area contributed by atoms with Crippen molar-refractivity contribution in [3.63, 3.8) is 0 Å². The highest BCUT2D eigenvalue weighted by molar-refractivity contribution is 6.42. The molecular formula is C20H21Cl2N5. The van der Waals surface area contributed by atoms with E-state index in [0.29, 0.717) is 21.8 Å². The Morgan fingerprint density at radius 1 is 0.926 bits per heavy atom. The van der Waals surface area contributed by atoms with Gasteiger partial charge in [0, 0.05) is 30.4 Å². The van der Waals surface area contributed by atoms with Gasteiger partial charge in [0.2, 0.25) is 5.95 Å². The summed E-state index contributed by atoms with van der Waals surface area (Å²) in [7, 11) is 4.06. The van der Waals surface area contributed by atoms with Crippen LogP contribution in [0.25, 0.3) is 11.3 Å². The number of likely N-dealkylation sites (N-methyl/N-ethyl adjacent to an activating group) is 1. The summed E-state index contributed by atoms with van der Waals surface area (Å²) in [4.78, 5) is 11.3. The van der Waals surface area contributed by atoms with E-state index in [0.717, 1.165) is 30.0 Å². The molecule has 2 aromatic carbocycles. The lowest BCUT2D eigenvalue weighted by atomic mass is 10.1. The van der Waals surface area contributed by atoms with Gasteiger partial charge in [0.15, 0.2) is 0 Å². The third kappa shape index (κ3) is 5.57. The molecular weight excluding hydrogens is 381 g/mol. The first-order valence-corrected chi connectivity index (χ1v) is 9.32. The maximum atomic E-state index is 6.11. The van der Waals surface area contributed by atoms with Gasteiger partial charge in [0.1, 0.15) is 5.82 Å². The molecule has 1 heterocycles. The van der Waals surface area contributed by atoms with Crippen LogP contribution in [0.1, 0.15) is 0 Å². The van der Waals surface area contributed by atoms with E-state index in [1.54, 1.807) is 12.1 Å². The van der Waals surface area contributed by atoms with Crippen molar-refractivity contribution in [1.29, 1.82) is 0 Å². The van der Waals surface area contributed by atoms with Gasteiger partial charge in [-0.25, -0.2) is 4.98 Å². The minimum absolute atomic E-state index is 0.489. The third-order valence-corrected chi connectivity index (χ3v) is 4.57. The Bertz CT molecular complexity index is 900. The van der Waals surface area contributed by atoms with Crippen LogP contribution < -0.4 is 10.6 Å². The Kier molecular flexibility index (Phi) is 6.50. The van der Waals surface area contributed by atoms with Gasteiger partial charge in [0.25, 0.3) is 0 Å². The van der Waals surface area contributed by atoms with Gasteiger partial charge < -0.3 is 15.5 Å². The summed E-state index contributed by atoms with van der Waals surface area (Å²) in [6.07, 6.45) is 0. The van der Waals surface area contributed by atoms with Crippen LogP contribution in [-0.4, -0.2) is 42.1 Å². The number of nitrogens with one attached hydrogen (secondary N) is 2. The fraction of sp³-hybridized carbons (Fsp3) is 0.200. The molecule has 7 heteroatoms. The second-order valence-corrected chi connectivity index (χ2v) is 7.13. The molecule has 27 heavy (non-hydrogen) atoms. The van der Waals surface area contributed by atoms with E-state index >= 15 is 0 Å². The Morgan fingerprint density at radius 3 is 2.41 bits per heavy atom. The molecule has 0 saturated heterocycles. The van der Waals surface area contributed by atoms with Crippen LogP contribution in [-0.2, 0) is 0 Å². The van der Waals surface area contributed by atoms with Gasteiger partial charge in [-0.3, -0.25) is 0 Å². The molecule has 0 bridgehead atoms. The molecule has 0 fully saturated rings. The zero-order chi connectivity index (χ0) is 19.2. The molecule has 5 nitrogen and oxygen atoms in total. The fourth-order valence-electron chi connectivity index (χ4n) is 2.46. The summed E-state index contributed by atoms with van der Waals surface area (Å²) in [6, 6.07) is 17.3. The van der Waals surface area contributed by atoms with Crippen molar-refractivity contribution in [3.8, 4) is 11.3 Å². The van der Waals surface area contributed by atoms with Crippen molar-refractivity contribution in [2.45, 2.75) is 0 Å². The predicted molar refractivity (Wildman–Crippen MR) is 114 cm³/mol. The molecule has 0 aliphatic carbocycles. The quantitative estimate of drug-likeness (QED) is 0.571. The molecule has 1 aromatic heterocycles. The Hall–Kier alpha value is -2.34. The lowest BCUT2D eigenvalue weighted by Gasteiger charge is -2.13. The highest BCUT2D eigenvalue weighted by Crippen LogP contribution is 2.28. The summed E-state index contributed by atoms with van der Waals surface area (Å²) < 4.78 is 0. The van der Waals surface area contributed by atoms with Gasteiger partial charge in [-0.2, -0.15) is 4.98 Å². The SMILES string of the molecule is CN(C)CCNc1nc(Nc2ccc(Cl)c(Cl)c2)cc(-c2ccccc2)n1. The minimum atomic E-state index is 0.489. The second kappa shape index (κ2) is 9.04. The highest BCUT2D eigenvalue weighted by Gasteiger charge is 2.08. The molecule has 140 valence electrons. The lowest BCUT2D eigenvalue weighted by Crippen LogP contribution is -2.21. The number of benzene rings is 2. The van der Waals surface area contributed by atoms with Crippen molar-refractivity contribution < 1.29 is 0 Å². The van der Waals surface area contributed by atoms with Crippen molar-refractivity contribution >= 4 is 40.7 Å². The van der Waals surface area contributed by atoms with Crippen LogP contribution in [0.2, 0.25) is 10.0 Å². The Labute approximate surface area is 169 Å². The number of aromatic nitrogens is 2. The first-order chi connectivity index (χ1) is 13.0. The summed E-state index contributed by atoms with van der Waals surface area (Å²) in [5.74, 6) is 1.25. The van der Waals surface area contributed by atoms with Crippen LogP contribution in [0.5, 0.6) is 0 Å². The molecule has 0 spiro atoms. The smallest absolute Gasteiger partial charge is 0.225 e. The van der Waals surface area contributed by atoms with Gasteiger partial charge in [-0.05, 0) is 32.3 Å². The Morgan fingerprint density at radius 2 is 1.70 bits per heavy atom. The number of halogens is 2. The molecule has 3 aromatic rings. The number of rotatable bonds is 7. The summed E-state index contributed by atoms with van der Waals surface area (Å²) >= 11 is 12.1. The van der Waals surface area contributed by atoms with Crippen molar-refractivity contribution in [2.75, 3.05) is 37.8 Å². The third-order valence-electron chi connectivity index (χ3n) is 3.83. The normalized spacial score (nSPS) is 10.9. The number of nitrogens with zero attached hydrogens (tertiary/aromatic N) is 3. The number of anilines is 3. The van der Waals surface area contributed by atoms with Gasteiger partial charge >= 0.3 is 0 Å². The first-order valence-electron chi connectivity index (χ1n) is 8.56. The largest absolute Gasteiger partial charge is 0.353 e. The monoisotopic (exact) mass is 401 g/mol. The van der Waals surface area contributed by atoms with Crippen molar-refractivity contribution in [3.05, 3.63) is 64.6 Å². The Balaban J connectivity index is 1.90. The summed E-state index contributed by atoms with van der Waals surface area (Å²) in [5.41, 5.74) is 2.66. The summed E-state index contributed by atoms with van der Waals surface area (Å²) in [6.45, 7) is 1.63. The molecule has 3 rings (SSSR count). The maximum Gasteiger partial charge on any atom is 0.225 e. The summed E-state index contributed by atoms with van der Waals surface area (Å²) in [5, 5.41) is 7.56. The topological polar surface area (TPSA) is 53.1 Å². The molecule has 0 saturated carbocycles. The highest BCUT2D eigenvalue weighted by atomic mass is 35.5. The van der Waals surface area contributed by atoms with Crippen molar-refractivity contribution in [2.24, 2.45) is 0 Å². The minimum Gasteiger partial charge on any atom is -0.353 e. The maximum absolute atomic E-state index is 6.11. The van der Waals surface area contributed by atoms with Crippen LogP contribution in [0.4, 0.5) is 17.5 Å². The van der Waals surface area contributed by atoms with Crippen LogP contribution in [0.3, 0.4) is 0 Å². The molecule has 0 aliphatic rings. The predicted octanol–water partition coefficient (Wildman–Crippen LogP) is 5.17. The standard InChI is InChI=1S/C20H21Cl2N5/c1-27(2)11-10-23-20-25-18(14-6-4-3-5-7-14)13-19(26-20)24-15-8-9-16(21)17(22)12-15/h3-9,12-13H,10-11H2,1-2H3,(H2,23,24,25,26). The zero-order valence-corrected chi connectivity index (χ0v) is 16.7. The molecule has 0 radical (unpaired) electrons. The first kappa shape index (κ1) is 19.4. The fourth-order valence-corrected chi connectivity index (χ4v) is 2.76. The van der Waals surface area contributed by atoms with Gasteiger partial charge in [-0.1, -0.05) is 53.5 Å². The molecule has 0 amide bonds. The molecule has 0 unspecified atom stereocenters. The van der Waals surface area contributed by atoms with E-state index in [1.807, 2.05) is 56.6 Å². The van der Waals surface area contributed by atoms with Crippen LogP contribution >= 0.6 is 23.2 Å². The van der Waals surface area contributed by atoms with E-state index in [9.17, 15) is 0 Å². The average molecular weight is 402 g/mol. The van der Waals surface area contributed by atoms with E-state index in [-0.39, 0.29) is 0 Å². The zero-order valence-electron chi connectivity index (χ0n) is 15.2. The van der Waals surface area contributed by atoms with Crippen LogP contribution in [0, 0.1) is 0 Å². The van der Waals surface area contributed by atoms with E-state index in [1.165, 1.54) is 0 Å². The van der Waals surface area contributed by atoms with Gasteiger partial charge in [0.05, 0.1) is 15.7 Å². The van der Waals surface area contributed by atoms with Gasteiger partial charge in [-0.15, -0.1) is 0 Å². The van der Waals surface area contributed by atoms with Crippen LogP contribution in [0.15, 0.2) is 54.6 Å². The number of hydrogen-bond donors (Lipinski definition) is 2. The van der Waals surface area contributed by atoms with Crippen molar-refractivity contribution in [1.82, 2.24) is 14.9 Å². The average Bonchev–Trinajstić information content (AvgIpc) is 2.65. The molecule has 0 atom stereocenters. The molecule has 2 N–H and O–H groups in total. The number of hydrogen-bond acceptors (Lipinski definition) is 5. The second-order valence-electron chi connectivity index (χ2n) is 6.31. The molecule has 0 aliphatic heterocycles. The van der Waals surface area contributed by atoms with E-state index in [2.05, 4.69) is 25.5 Å². The van der Waals surface area contributed by atoms with E-state index < -0.39 is 0 Å². The van der Waals surface area contributed by atoms with E-state index in [4.69, 9.17) is 23.2 Å².